The number of hydrogen-bond acceptors (Lipinski definition) is 9. The van der Waals surface area contributed by atoms with Gasteiger partial charge in [-0.25, -0.2) is 9.78 Å². The van der Waals surface area contributed by atoms with E-state index in [4.69, 9.17) is 22.3 Å². The standard InChI is InChI=1S/C25H35N9O8/c26-16(10-20(36)37)21(38)32-17(2-1-7-30-25(27)28)22(39)33-18(9-14-11-29-12-31-14)23(40)34-19(24(41)42)8-13-3-5-15(35)6-4-13/h3-6,11-12,16-19,35H,1-2,7-10,26H2,(H,29,31)(H,32,38)(H,33,39)(H,34,40)(H,36,37)(H,41,42)(H4,27,28,30). The number of benzene rings is 1. The van der Waals surface area contributed by atoms with Crippen molar-refractivity contribution in [2.24, 2.45) is 22.2 Å². The maximum Gasteiger partial charge on any atom is 0.326 e. The highest BCUT2D eigenvalue weighted by atomic mass is 16.4. The summed E-state index contributed by atoms with van der Waals surface area (Å²) >= 11 is 0. The first-order valence-corrected chi connectivity index (χ1v) is 12.8. The molecule has 0 aliphatic heterocycles. The summed E-state index contributed by atoms with van der Waals surface area (Å²) in [7, 11) is 0. The van der Waals surface area contributed by atoms with Crippen molar-refractivity contribution in [3.8, 4) is 5.75 Å². The van der Waals surface area contributed by atoms with Gasteiger partial charge in [-0.15, -0.1) is 0 Å². The summed E-state index contributed by atoms with van der Waals surface area (Å²) < 4.78 is 0. The summed E-state index contributed by atoms with van der Waals surface area (Å²) in [5, 5.41) is 35.5. The predicted octanol–water partition coefficient (Wildman–Crippen LogP) is -2.70. The van der Waals surface area contributed by atoms with E-state index in [9.17, 15) is 34.2 Å². The number of H-pyrrole nitrogens is 1. The Hall–Kier alpha value is -5.19. The third kappa shape index (κ3) is 11.5. The molecule has 0 radical (unpaired) electrons. The molecule has 0 saturated carbocycles. The topological polar surface area (TPSA) is 301 Å². The lowest BCUT2D eigenvalue weighted by Gasteiger charge is -2.25. The summed E-state index contributed by atoms with van der Waals surface area (Å²) in [4.78, 5) is 72.5. The lowest BCUT2D eigenvalue weighted by atomic mass is 10.0. The fraction of sp³-hybridized carbons (Fsp3) is 0.400. The van der Waals surface area contributed by atoms with E-state index in [2.05, 4.69) is 30.9 Å². The van der Waals surface area contributed by atoms with E-state index in [0.29, 0.717) is 11.3 Å². The molecular formula is C25H35N9O8. The van der Waals surface area contributed by atoms with Gasteiger partial charge < -0.3 is 53.5 Å². The number of phenolic OH excluding ortho intramolecular Hbond substituents is 1. The molecule has 1 heterocycles. The van der Waals surface area contributed by atoms with E-state index < -0.39 is 60.2 Å². The van der Waals surface area contributed by atoms with Crippen LogP contribution < -0.4 is 33.2 Å². The van der Waals surface area contributed by atoms with E-state index >= 15 is 0 Å². The number of aromatic hydroxyl groups is 1. The van der Waals surface area contributed by atoms with Gasteiger partial charge in [0, 0.05) is 31.3 Å². The van der Waals surface area contributed by atoms with Crippen LogP contribution in [0.1, 0.15) is 30.5 Å². The molecule has 4 atom stereocenters. The number of hydrogen-bond donors (Lipinski definition) is 10. The molecule has 4 unspecified atom stereocenters. The van der Waals surface area contributed by atoms with Crippen molar-refractivity contribution in [2.75, 3.05) is 6.54 Å². The number of nitrogens with one attached hydrogen (secondary N) is 4. The molecule has 0 bridgehead atoms. The Kier molecular flexibility index (Phi) is 12.7. The van der Waals surface area contributed by atoms with Crippen LogP contribution in [0.2, 0.25) is 0 Å². The number of guanidine groups is 1. The van der Waals surface area contributed by atoms with Crippen LogP contribution in [0, 0.1) is 0 Å². The first kappa shape index (κ1) is 33.0. The number of rotatable bonds is 17. The second kappa shape index (κ2) is 16.2. The molecule has 0 fully saturated rings. The van der Waals surface area contributed by atoms with Gasteiger partial charge in [0.05, 0.1) is 18.8 Å². The predicted molar refractivity (Wildman–Crippen MR) is 148 cm³/mol. The lowest BCUT2D eigenvalue weighted by molar-refractivity contribution is -0.142. The molecule has 1 aromatic heterocycles. The van der Waals surface area contributed by atoms with Crippen LogP contribution in [0.15, 0.2) is 41.8 Å². The van der Waals surface area contributed by atoms with Crippen LogP contribution >= 0.6 is 0 Å². The quantitative estimate of drug-likeness (QED) is 0.0512. The van der Waals surface area contributed by atoms with Crippen LogP contribution in [0.25, 0.3) is 0 Å². The van der Waals surface area contributed by atoms with Gasteiger partial charge in [0.15, 0.2) is 5.96 Å². The van der Waals surface area contributed by atoms with E-state index in [1.165, 1.54) is 36.8 Å². The van der Waals surface area contributed by atoms with Crippen molar-refractivity contribution in [2.45, 2.75) is 56.3 Å². The number of amides is 3. The molecule has 1 aromatic carbocycles. The number of carboxylic acid groups (broad SMARTS) is 2. The second-order valence-corrected chi connectivity index (χ2v) is 9.33. The van der Waals surface area contributed by atoms with Gasteiger partial charge in [-0.2, -0.15) is 0 Å². The fourth-order valence-corrected chi connectivity index (χ4v) is 3.77. The number of imidazole rings is 1. The third-order valence-electron chi connectivity index (χ3n) is 5.91. The number of phenols is 1. The number of nitrogens with two attached hydrogens (primary N) is 3. The van der Waals surface area contributed by atoms with Crippen LogP contribution in [0.3, 0.4) is 0 Å². The highest BCUT2D eigenvalue weighted by molar-refractivity contribution is 5.94. The van der Waals surface area contributed by atoms with Gasteiger partial charge in [0.2, 0.25) is 17.7 Å². The van der Waals surface area contributed by atoms with Crippen molar-refractivity contribution in [3.63, 3.8) is 0 Å². The molecule has 17 heteroatoms. The number of aromatic amines is 1. The highest BCUT2D eigenvalue weighted by Crippen LogP contribution is 2.12. The smallest absolute Gasteiger partial charge is 0.326 e. The zero-order valence-electron chi connectivity index (χ0n) is 22.5. The maximum absolute atomic E-state index is 13.3. The molecular weight excluding hydrogens is 554 g/mol. The fourth-order valence-electron chi connectivity index (χ4n) is 3.77. The minimum atomic E-state index is -1.45. The van der Waals surface area contributed by atoms with Gasteiger partial charge in [0.1, 0.15) is 23.9 Å². The summed E-state index contributed by atoms with van der Waals surface area (Å²) in [6.07, 6.45) is 2.06. The number of carbonyl (C=O) groups is 5. The summed E-state index contributed by atoms with van der Waals surface area (Å²) in [6, 6.07) is 0.351. The Balaban J connectivity index is 2.23. The van der Waals surface area contributed by atoms with Gasteiger partial charge in [-0.1, -0.05) is 12.1 Å². The third-order valence-corrected chi connectivity index (χ3v) is 5.91. The van der Waals surface area contributed by atoms with Crippen LogP contribution in [-0.4, -0.2) is 91.6 Å². The van der Waals surface area contributed by atoms with E-state index in [1.807, 2.05) is 0 Å². The van der Waals surface area contributed by atoms with E-state index in [1.54, 1.807) is 0 Å². The van der Waals surface area contributed by atoms with E-state index in [-0.39, 0.29) is 43.9 Å². The van der Waals surface area contributed by atoms with Crippen LogP contribution in [-0.2, 0) is 36.8 Å². The van der Waals surface area contributed by atoms with Crippen molar-refractivity contribution in [1.29, 1.82) is 0 Å². The number of aliphatic imine (C=N–C) groups is 1. The Morgan fingerprint density at radius 2 is 1.52 bits per heavy atom. The molecule has 0 spiro atoms. The molecule has 2 rings (SSSR count). The molecule has 2 aromatic rings. The van der Waals surface area contributed by atoms with Crippen LogP contribution in [0.4, 0.5) is 0 Å². The van der Waals surface area contributed by atoms with E-state index in [0.717, 1.165) is 0 Å². The Morgan fingerprint density at radius 3 is 2.10 bits per heavy atom. The number of nitrogens with zero attached hydrogens (tertiary/aromatic N) is 2. The van der Waals surface area contributed by atoms with Crippen molar-refractivity contribution < 1.29 is 39.3 Å². The molecule has 17 nitrogen and oxygen atoms in total. The zero-order valence-corrected chi connectivity index (χ0v) is 22.5. The Morgan fingerprint density at radius 1 is 0.905 bits per heavy atom. The lowest BCUT2D eigenvalue weighted by Crippen LogP contribution is -2.58. The molecule has 3 amide bonds. The molecule has 0 aliphatic rings. The minimum Gasteiger partial charge on any atom is -0.508 e. The Bertz CT molecular complexity index is 1250. The first-order valence-electron chi connectivity index (χ1n) is 12.8. The average molecular weight is 590 g/mol. The number of carboxylic acids is 2. The minimum absolute atomic E-state index is 0.00878. The largest absolute Gasteiger partial charge is 0.508 e. The zero-order chi connectivity index (χ0) is 31.2. The number of aliphatic carboxylic acids is 2. The average Bonchev–Trinajstić information content (AvgIpc) is 3.43. The molecule has 0 saturated heterocycles. The van der Waals surface area contributed by atoms with Gasteiger partial charge in [0.25, 0.3) is 0 Å². The van der Waals surface area contributed by atoms with Crippen molar-refractivity contribution >= 4 is 35.6 Å². The maximum atomic E-state index is 13.3. The molecule has 0 aliphatic carbocycles. The Labute approximate surface area is 240 Å². The van der Waals surface area contributed by atoms with Crippen LogP contribution in [0.5, 0.6) is 5.75 Å². The van der Waals surface area contributed by atoms with Crippen molar-refractivity contribution in [3.05, 3.63) is 48.0 Å². The summed E-state index contributed by atoms with van der Waals surface area (Å²) in [6.45, 7) is 0.110. The molecule has 13 N–H and O–H groups in total. The summed E-state index contributed by atoms with van der Waals surface area (Å²) in [5.41, 5.74) is 17.2. The van der Waals surface area contributed by atoms with Crippen molar-refractivity contribution in [1.82, 2.24) is 25.9 Å². The molecule has 228 valence electrons. The number of carbonyl (C=O) groups excluding carboxylic acids is 3. The normalized spacial score (nSPS) is 13.5. The monoisotopic (exact) mass is 589 g/mol. The summed E-state index contributed by atoms with van der Waals surface area (Å²) in [5.74, 6) is -5.41. The molecule has 42 heavy (non-hydrogen) atoms. The SMILES string of the molecule is NC(N)=NCCCC(NC(=O)C(N)CC(=O)O)C(=O)NC(Cc1cnc[nH]1)C(=O)NC(Cc1ccc(O)cc1)C(=O)O. The van der Waals surface area contributed by atoms with Gasteiger partial charge in [-0.3, -0.25) is 24.2 Å². The van der Waals surface area contributed by atoms with Gasteiger partial charge >= 0.3 is 11.9 Å². The first-order chi connectivity index (χ1) is 19.8. The highest BCUT2D eigenvalue weighted by Gasteiger charge is 2.31. The second-order valence-electron chi connectivity index (χ2n) is 9.33. The van der Waals surface area contributed by atoms with Gasteiger partial charge in [-0.05, 0) is 30.5 Å². The number of aromatic nitrogens is 2.